The number of aromatic amines is 1. The standard InChI is InChI=1S/C22H23FN4O2/c23-17-4-1-3-15(9-17)22-16(11-24-26-22)12-27-8-2-5-19(13-27)25-18-6-7-20-21(10-18)29-14-28-20/h1,3-4,6-7,9-11,19,25H,2,5,8,12-14H2,(H,24,26)/t19-/m0/s1. The van der Waals surface area contributed by atoms with Crippen molar-refractivity contribution in [1.82, 2.24) is 15.1 Å². The predicted octanol–water partition coefficient (Wildman–Crippen LogP) is 4.02. The number of hydrogen-bond donors (Lipinski definition) is 2. The minimum absolute atomic E-state index is 0.242. The summed E-state index contributed by atoms with van der Waals surface area (Å²) >= 11 is 0. The molecule has 0 saturated carbocycles. The van der Waals surface area contributed by atoms with Gasteiger partial charge in [0.2, 0.25) is 6.79 Å². The van der Waals surface area contributed by atoms with Crippen molar-refractivity contribution in [1.29, 1.82) is 0 Å². The molecule has 5 rings (SSSR count). The summed E-state index contributed by atoms with van der Waals surface area (Å²) in [5.74, 6) is 1.35. The Kier molecular flexibility index (Phi) is 4.81. The number of hydrogen-bond acceptors (Lipinski definition) is 5. The summed E-state index contributed by atoms with van der Waals surface area (Å²) in [6.07, 6.45) is 4.08. The van der Waals surface area contributed by atoms with Gasteiger partial charge in [0.05, 0.1) is 11.9 Å². The minimum atomic E-state index is -0.242. The van der Waals surface area contributed by atoms with Crippen molar-refractivity contribution in [2.45, 2.75) is 25.4 Å². The highest BCUT2D eigenvalue weighted by atomic mass is 19.1. The lowest BCUT2D eigenvalue weighted by Crippen LogP contribution is -2.41. The third-order valence-electron chi connectivity index (χ3n) is 5.47. The average molecular weight is 394 g/mol. The molecule has 1 atom stereocenters. The van der Waals surface area contributed by atoms with Crippen LogP contribution in [0.25, 0.3) is 11.3 Å². The van der Waals surface area contributed by atoms with E-state index in [2.05, 4.69) is 20.4 Å². The quantitative estimate of drug-likeness (QED) is 0.684. The molecule has 0 unspecified atom stereocenters. The van der Waals surface area contributed by atoms with E-state index in [-0.39, 0.29) is 12.6 Å². The van der Waals surface area contributed by atoms with E-state index in [0.29, 0.717) is 6.04 Å². The second-order valence-corrected chi connectivity index (χ2v) is 7.57. The Hall–Kier alpha value is -3.06. The van der Waals surface area contributed by atoms with E-state index in [4.69, 9.17) is 9.47 Å². The zero-order chi connectivity index (χ0) is 19.6. The Morgan fingerprint density at radius 1 is 1.17 bits per heavy atom. The van der Waals surface area contributed by atoms with Gasteiger partial charge in [0.1, 0.15) is 5.82 Å². The van der Waals surface area contributed by atoms with Crippen LogP contribution in [-0.4, -0.2) is 41.0 Å². The van der Waals surface area contributed by atoms with Gasteiger partial charge in [0.15, 0.2) is 11.5 Å². The number of benzene rings is 2. The third-order valence-corrected chi connectivity index (χ3v) is 5.47. The molecule has 0 bridgehead atoms. The number of nitrogens with one attached hydrogen (secondary N) is 2. The monoisotopic (exact) mass is 394 g/mol. The van der Waals surface area contributed by atoms with Crippen LogP contribution in [0.1, 0.15) is 18.4 Å². The first kappa shape index (κ1) is 18.0. The van der Waals surface area contributed by atoms with E-state index in [1.165, 1.54) is 12.1 Å². The van der Waals surface area contributed by atoms with Crippen LogP contribution in [0.3, 0.4) is 0 Å². The Morgan fingerprint density at radius 2 is 2.10 bits per heavy atom. The lowest BCUT2D eigenvalue weighted by Gasteiger charge is -2.33. The first-order valence-electron chi connectivity index (χ1n) is 9.91. The molecule has 1 fully saturated rings. The molecular formula is C22H23FN4O2. The second kappa shape index (κ2) is 7.75. The largest absolute Gasteiger partial charge is 0.454 e. The number of halogens is 1. The summed E-state index contributed by atoms with van der Waals surface area (Å²) in [5, 5.41) is 10.9. The van der Waals surface area contributed by atoms with Gasteiger partial charge in [-0.05, 0) is 43.7 Å². The van der Waals surface area contributed by atoms with Crippen molar-refractivity contribution in [2.24, 2.45) is 0 Å². The zero-order valence-electron chi connectivity index (χ0n) is 16.0. The summed E-state index contributed by atoms with van der Waals surface area (Å²) < 4.78 is 24.5. The van der Waals surface area contributed by atoms with Crippen LogP contribution < -0.4 is 14.8 Å². The number of H-pyrrole nitrogens is 1. The number of piperidine rings is 1. The topological polar surface area (TPSA) is 62.4 Å². The first-order valence-corrected chi connectivity index (χ1v) is 9.91. The molecule has 2 N–H and O–H groups in total. The zero-order valence-corrected chi connectivity index (χ0v) is 16.0. The summed E-state index contributed by atoms with van der Waals surface area (Å²) in [4.78, 5) is 2.42. The molecule has 2 aliphatic rings. The number of anilines is 1. The maximum atomic E-state index is 13.6. The molecule has 0 radical (unpaired) electrons. The molecule has 7 heteroatoms. The fourth-order valence-electron chi connectivity index (χ4n) is 4.10. The molecule has 2 aliphatic heterocycles. The fraction of sp³-hybridized carbons (Fsp3) is 0.318. The highest BCUT2D eigenvalue weighted by Gasteiger charge is 2.22. The van der Waals surface area contributed by atoms with Gasteiger partial charge < -0.3 is 14.8 Å². The molecular weight excluding hydrogens is 371 g/mol. The molecule has 3 heterocycles. The van der Waals surface area contributed by atoms with Crippen LogP contribution in [0.2, 0.25) is 0 Å². The normalized spacial score (nSPS) is 18.7. The number of aromatic nitrogens is 2. The van der Waals surface area contributed by atoms with Crippen LogP contribution in [0, 0.1) is 5.82 Å². The van der Waals surface area contributed by atoms with Gasteiger partial charge in [-0.1, -0.05) is 12.1 Å². The molecule has 6 nitrogen and oxygen atoms in total. The number of fused-ring (bicyclic) bond motifs is 1. The van der Waals surface area contributed by atoms with Crippen LogP contribution in [-0.2, 0) is 6.54 Å². The van der Waals surface area contributed by atoms with Crippen LogP contribution in [0.15, 0.2) is 48.7 Å². The molecule has 29 heavy (non-hydrogen) atoms. The van der Waals surface area contributed by atoms with E-state index in [1.807, 2.05) is 30.5 Å². The highest BCUT2D eigenvalue weighted by Crippen LogP contribution is 2.34. The van der Waals surface area contributed by atoms with Gasteiger partial charge >= 0.3 is 0 Å². The van der Waals surface area contributed by atoms with Crippen LogP contribution in [0.4, 0.5) is 10.1 Å². The van der Waals surface area contributed by atoms with Crippen molar-refractivity contribution in [3.05, 3.63) is 60.0 Å². The van der Waals surface area contributed by atoms with Gasteiger partial charge in [-0.3, -0.25) is 10.00 Å². The lowest BCUT2D eigenvalue weighted by molar-refractivity contribution is 0.174. The Balaban J connectivity index is 1.26. The molecule has 2 aromatic carbocycles. The number of likely N-dealkylation sites (tertiary alicyclic amines) is 1. The molecule has 3 aromatic rings. The van der Waals surface area contributed by atoms with Crippen molar-refractivity contribution in [2.75, 3.05) is 25.2 Å². The van der Waals surface area contributed by atoms with Crippen LogP contribution >= 0.6 is 0 Å². The third kappa shape index (κ3) is 3.91. The number of rotatable bonds is 5. The first-order chi connectivity index (χ1) is 14.2. The summed E-state index contributed by atoms with van der Waals surface area (Å²) in [5.41, 5.74) is 3.84. The highest BCUT2D eigenvalue weighted by molar-refractivity contribution is 5.62. The van der Waals surface area contributed by atoms with Gasteiger partial charge in [-0.25, -0.2) is 4.39 Å². The number of ether oxygens (including phenoxy) is 2. The SMILES string of the molecule is Fc1cccc(-c2[nH]ncc2CN2CCC[C@H](Nc3ccc4c(c3)OCO4)C2)c1. The Bertz CT molecular complexity index is 1010. The van der Waals surface area contributed by atoms with Crippen LogP contribution in [0.5, 0.6) is 11.5 Å². The lowest BCUT2D eigenvalue weighted by atomic mass is 10.0. The van der Waals surface area contributed by atoms with E-state index < -0.39 is 0 Å². The maximum absolute atomic E-state index is 13.6. The second-order valence-electron chi connectivity index (χ2n) is 7.57. The minimum Gasteiger partial charge on any atom is -0.454 e. The molecule has 1 aromatic heterocycles. The molecule has 150 valence electrons. The van der Waals surface area contributed by atoms with E-state index in [1.54, 1.807) is 6.07 Å². The van der Waals surface area contributed by atoms with Crippen molar-refractivity contribution < 1.29 is 13.9 Å². The Morgan fingerprint density at radius 3 is 3.03 bits per heavy atom. The Labute approximate surface area is 168 Å². The van der Waals surface area contributed by atoms with Gasteiger partial charge in [0.25, 0.3) is 0 Å². The van der Waals surface area contributed by atoms with Crippen molar-refractivity contribution in [3.63, 3.8) is 0 Å². The fourth-order valence-corrected chi connectivity index (χ4v) is 4.10. The van der Waals surface area contributed by atoms with E-state index >= 15 is 0 Å². The smallest absolute Gasteiger partial charge is 0.231 e. The van der Waals surface area contributed by atoms with E-state index in [0.717, 1.165) is 66.5 Å². The summed E-state index contributed by atoms with van der Waals surface area (Å²) in [6, 6.07) is 13.0. The maximum Gasteiger partial charge on any atom is 0.231 e. The van der Waals surface area contributed by atoms with Gasteiger partial charge in [0, 0.05) is 42.0 Å². The summed E-state index contributed by atoms with van der Waals surface area (Å²) in [7, 11) is 0. The summed E-state index contributed by atoms with van der Waals surface area (Å²) in [6.45, 7) is 3.03. The van der Waals surface area contributed by atoms with Gasteiger partial charge in [-0.2, -0.15) is 5.10 Å². The average Bonchev–Trinajstić information content (AvgIpc) is 3.37. The molecule has 0 spiro atoms. The molecule has 1 saturated heterocycles. The molecule has 0 aliphatic carbocycles. The molecule has 0 amide bonds. The van der Waals surface area contributed by atoms with Crippen molar-refractivity contribution in [3.8, 4) is 22.8 Å². The number of nitrogens with zero attached hydrogens (tertiary/aromatic N) is 2. The van der Waals surface area contributed by atoms with E-state index in [9.17, 15) is 4.39 Å². The van der Waals surface area contributed by atoms with Crippen molar-refractivity contribution >= 4 is 5.69 Å². The predicted molar refractivity (Wildman–Crippen MR) is 108 cm³/mol. The van der Waals surface area contributed by atoms with Gasteiger partial charge in [-0.15, -0.1) is 0 Å².